The lowest BCUT2D eigenvalue weighted by Gasteiger charge is -2.31. The second kappa shape index (κ2) is 7.23. The quantitative estimate of drug-likeness (QED) is 0.915. The lowest BCUT2D eigenvalue weighted by molar-refractivity contribution is -0.133. The average Bonchev–Trinajstić information content (AvgIpc) is 3.21. The van der Waals surface area contributed by atoms with E-state index >= 15 is 0 Å². The van der Waals surface area contributed by atoms with E-state index in [1.165, 1.54) is 12.8 Å². The molecule has 4 rings (SSSR count). The molecular formula is C20H23N3O3. The van der Waals surface area contributed by atoms with Crippen LogP contribution in [0.5, 0.6) is 11.5 Å². The van der Waals surface area contributed by atoms with Crippen molar-refractivity contribution in [2.45, 2.75) is 38.5 Å². The van der Waals surface area contributed by atoms with Crippen LogP contribution in [0.3, 0.4) is 0 Å². The van der Waals surface area contributed by atoms with Crippen LogP contribution in [0.1, 0.15) is 25.3 Å². The van der Waals surface area contributed by atoms with E-state index in [1.807, 2.05) is 49.5 Å². The van der Waals surface area contributed by atoms with Crippen molar-refractivity contribution in [3.63, 3.8) is 0 Å². The third-order valence-corrected chi connectivity index (χ3v) is 4.81. The molecule has 0 aliphatic carbocycles. The highest BCUT2D eigenvalue weighted by Gasteiger charge is 2.33. The zero-order valence-corrected chi connectivity index (χ0v) is 14.9. The number of pyridine rings is 1. The third-order valence-electron chi connectivity index (χ3n) is 4.81. The number of rotatable bonds is 4. The van der Waals surface area contributed by atoms with Crippen LogP contribution in [0.4, 0.5) is 5.82 Å². The van der Waals surface area contributed by atoms with E-state index in [1.54, 1.807) is 0 Å². The number of para-hydroxylation sites is 2. The molecule has 2 aliphatic heterocycles. The van der Waals surface area contributed by atoms with Crippen molar-refractivity contribution < 1.29 is 14.3 Å². The Morgan fingerprint density at radius 1 is 1.15 bits per heavy atom. The van der Waals surface area contributed by atoms with E-state index in [4.69, 9.17) is 9.47 Å². The van der Waals surface area contributed by atoms with E-state index in [2.05, 4.69) is 15.2 Å². The van der Waals surface area contributed by atoms with Crippen LogP contribution < -0.4 is 19.7 Å². The second-order valence-corrected chi connectivity index (χ2v) is 6.74. The molecule has 1 aromatic carbocycles. The van der Waals surface area contributed by atoms with Crippen LogP contribution in [-0.2, 0) is 11.3 Å². The molecule has 136 valence electrons. The first-order valence-electron chi connectivity index (χ1n) is 9.10. The van der Waals surface area contributed by atoms with E-state index in [0.717, 1.165) is 24.5 Å². The standard InChI is InChI=1S/C20H23N3O3/c1-14-19(26-17-7-3-2-6-16(17)25-14)20(24)22-13-15-8-9-18(21-12-15)23-10-4-5-11-23/h2-3,6-9,12,14,19H,4-5,10-11,13H2,1H3,(H,22,24). The van der Waals surface area contributed by atoms with Gasteiger partial charge in [-0.25, -0.2) is 4.98 Å². The first kappa shape index (κ1) is 16.7. The predicted molar refractivity (Wildman–Crippen MR) is 98.5 cm³/mol. The van der Waals surface area contributed by atoms with Gasteiger partial charge in [0.1, 0.15) is 11.9 Å². The maximum atomic E-state index is 12.5. The van der Waals surface area contributed by atoms with Gasteiger partial charge in [0.05, 0.1) is 0 Å². The summed E-state index contributed by atoms with van der Waals surface area (Å²) in [6.07, 6.45) is 3.27. The van der Waals surface area contributed by atoms with E-state index in [9.17, 15) is 4.79 Å². The van der Waals surface area contributed by atoms with Crippen molar-refractivity contribution in [2.75, 3.05) is 18.0 Å². The molecule has 6 nitrogen and oxygen atoms in total. The minimum Gasteiger partial charge on any atom is -0.482 e. The SMILES string of the molecule is CC1Oc2ccccc2OC1C(=O)NCc1ccc(N2CCCC2)nc1. The van der Waals surface area contributed by atoms with Crippen LogP contribution in [0.15, 0.2) is 42.6 Å². The minimum atomic E-state index is -0.665. The molecule has 1 aromatic heterocycles. The van der Waals surface area contributed by atoms with Gasteiger partial charge >= 0.3 is 0 Å². The number of carbonyl (C=O) groups is 1. The van der Waals surface area contributed by atoms with Crippen LogP contribution >= 0.6 is 0 Å². The number of carbonyl (C=O) groups excluding carboxylic acids is 1. The lowest BCUT2D eigenvalue weighted by atomic mass is 10.1. The number of aromatic nitrogens is 1. The number of nitrogens with one attached hydrogen (secondary N) is 1. The van der Waals surface area contributed by atoms with Gasteiger partial charge < -0.3 is 19.7 Å². The van der Waals surface area contributed by atoms with Crippen molar-refractivity contribution >= 4 is 11.7 Å². The summed E-state index contributed by atoms with van der Waals surface area (Å²) in [5.41, 5.74) is 0.964. The Kier molecular flexibility index (Phi) is 4.65. The summed E-state index contributed by atoms with van der Waals surface area (Å²) in [5.74, 6) is 2.09. The second-order valence-electron chi connectivity index (χ2n) is 6.74. The number of amides is 1. The van der Waals surface area contributed by atoms with Crippen LogP contribution in [0.2, 0.25) is 0 Å². The molecule has 0 spiro atoms. The van der Waals surface area contributed by atoms with Crippen molar-refractivity contribution in [2.24, 2.45) is 0 Å². The number of fused-ring (bicyclic) bond motifs is 1. The van der Waals surface area contributed by atoms with Gasteiger partial charge in [-0.15, -0.1) is 0 Å². The van der Waals surface area contributed by atoms with Gasteiger partial charge in [0.25, 0.3) is 5.91 Å². The van der Waals surface area contributed by atoms with Crippen molar-refractivity contribution in [3.05, 3.63) is 48.2 Å². The zero-order chi connectivity index (χ0) is 17.9. The highest BCUT2D eigenvalue weighted by molar-refractivity contribution is 5.82. The average molecular weight is 353 g/mol. The smallest absolute Gasteiger partial charge is 0.265 e. The number of ether oxygens (including phenoxy) is 2. The molecule has 0 bridgehead atoms. The molecular weight excluding hydrogens is 330 g/mol. The molecule has 1 amide bonds. The number of nitrogens with zero attached hydrogens (tertiary/aromatic N) is 2. The summed E-state index contributed by atoms with van der Waals surface area (Å²) in [6, 6.07) is 11.4. The fraction of sp³-hybridized carbons (Fsp3) is 0.400. The van der Waals surface area contributed by atoms with Gasteiger partial charge in [0.15, 0.2) is 11.5 Å². The Hall–Kier alpha value is -2.76. The van der Waals surface area contributed by atoms with Gasteiger partial charge in [-0.05, 0) is 43.5 Å². The first-order chi connectivity index (χ1) is 12.7. The molecule has 0 radical (unpaired) electrons. The van der Waals surface area contributed by atoms with Gasteiger partial charge in [-0.2, -0.15) is 0 Å². The highest BCUT2D eigenvalue weighted by atomic mass is 16.6. The zero-order valence-electron chi connectivity index (χ0n) is 14.9. The largest absolute Gasteiger partial charge is 0.482 e. The summed E-state index contributed by atoms with van der Waals surface area (Å²) < 4.78 is 11.6. The van der Waals surface area contributed by atoms with Crippen LogP contribution in [0.25, 0.3) is 0 Å². The molecule has 1 saturated heterocycles. The first-order valence-corrected chi connectivity index (χ1v) is 9.10. The number of benzene rings is 1. The van der Waals surface area contributed by atoms with Crippen molar-refractivity contribution in [3.8, 4) is 11.5 Å². The Labute approximate surface area is 153 Å². The molecule has 6 heteroatoms. The van der Waals surface area contributed by atoms with E-state index < -0.39 is 6.10 Å². The maximum absolute atomic E-state index is 12.5. The summed E-state index contributed by atoms with van der Waals surface area (Å²) in [7, 11) is 0. The van der Waals surface area contributed by atoms with Gasteiger partial charge in [-0.3, -0.25) is 4.79 Å². The van der Waals surface area contributed by atoms with Gasteiger partial charge in [0, 0.05) is 25.8 Å². The van der Waals surface area contributed by atoms with Crippen molar-refractivity contribution in [1.29, 1.82) is 0 Å². The van der Waals surface area contributed by atoms with Crippen LogP contribution in [-0.4, -0.2) is 36.2 Å². The Bertz CT molecular complexity index is 772. The van der Waals surface area contributed by atoms with Gasteiger partial charge in [0.2, 0.25) is 6.10 Å². The third kappa shape index (κ3) is 3.45. The topological polar surface area (TPSA) is 63.7 Å². The van der Waals surface area contributed by atoms with Gasteiger partial charge in [-0.1, -0.05) is 18.2 Å². The minimum absolute atomic E-state index is 0.185. The number of anilines is 1. The highest BCUT2D eigenvalue weighted by Crippen LogP contribution is 2.33. The molecule has 1 N–H and O–H groups in total. The molecule has 2 unspecified atom stereocenters. The normalized spacial score (nSPS) is 21.5. The summed E-state index contributed by atoms with van der Waals surface area (Å²) in [4.78, 5) is 19.3. The Morgan fingerprint density at radius 3 is 2.58 bits per heavy atom. The fourth-order valence-corrected chi connectivity index (χ4v) is 3.35. The van der Waals surface area contributed by atoms with Crippen molar-refractivity contribution in [1.82, 2.24) is 10.3 Å². The van der Waals surface area contributed by atoms with Crippen LogP contribution in [0, 0.1) is 0 Å². The molecule has 0 saturated carbocycles. The summed E-state index contributed by atoms with van der Waals surface area (Å²) in [6.45, 7) is 4.40. The van der Waals surface area contributed by atoms with E-state index in [-0.39, 0.29) is 12.0 Å². The number of hydrogen-bond donors (Lipinski definition) is 1. The molecule has 2 aromatic rings. The monoisotopic (exact) mass is 353 g/mol. The molecule has 2 atom stereocenters. The summed E-state index contributed by atoms with van der Waals surface area (Å²) >= 11 is 0. The molecule has 3 heterocycles. The maximum Gasteiger partial charge on any atom is 0.265 e. The number of hydrogen-bond acceptors (Lipinski definition) is 5. The molecule has 26 heavy (non-hydrogen) atoms. The predicted octanol–water partition coefficient (Wildman–Crippen LogP) is 2.53. The van der Waals surface area contributed by atoms with E-state index in [0.29, 0.717) is 18.0 Å². The lowest BCUT2D eigenvalue weighted by Crippen LogP contribution is -2.48. The summed E-state index contributed by atoms with van der Waals surface area (Å²) in [5, 5.41) is 2.92. The molecule has 2 aliphatic rings. The molecule has 1 fully saturated rings. The Balaban J connectivity index is 1.35. The fourth-order valence-electron chi connectivity index (χ4n) is 3.35. The Morgan fingerprint density at radius 2 is 1.88 bits per heavy atom.